The van der Waals surface area contributed by atoms with E-state index in [9.17, 15) is 0 Å². The molecule has 1 nitrogen and oxygen atoms in total. The molecule has 0 saturated carbocycles. The van der Waals surface area contributed by atoms with E-state index in [-0.39, 0.29) is 5.41 Å². The molecule has 74 valence electrons. The topological polar surface area (TPSA) is 4.93 Å². The van der Waals surface area contributed by atoms with Crippen LogP contribution in [0.5, 0.6) is 0 Å². The molecule has 0 unspecified atom stereocenters. The summed E-state index contributed by atoms with van der Waals surface area (Å²) in [5.74, 6) is 0. The summed E-state index contributed by atoms with van der Waals surface area (Å²) in [5.41, 5.74) is 5.99. The smallest absolute Gasteiger partial charge is 0.0260 e. The minimum atomic E-state index is 0.248. The molecule has 1 aromatic heterocycles. The van der Waals surface area contributed by atoms with Crippen LogP contribution in [-0.4, -0.2) is 4.57 Å². The summed E-state index contributed by atoms with van der Waals surface area (Å²) in [7, 11) is 2.16. The summed E-state index contributed by atoms with van der Waals surface area (Å²) in [6, 6.07) is 0. The van der Waals surface area contributed by atoms with E-state index in [0.29, 0.717) is 0 Å². The molecule has 0 radical (unpaired) electrons. The summed E-state index contributed by atoms with van der Waals surface area (Å²) >= 11 is 0. The van der Waals surface area contributed by atoms with Crippen molar-refractivity contribution in [3.8, 4) is 0 Å². The first kappa shape index (κ1) is 10.4. The number of nitrogens with zero attached hydrogens (tertiary/aromatic N) is 1. The fraction of sp³-hybridized carbons (Fsp3) is 0.667. The van der Waals surface area contributed by atoms with E-state index < -0.39 is 0 Å². The Balaban J connectivity index is 3.47. The average Bonchev–Trinajstić information content (AvgIpc) is 2.14. The Morgan fingerprint density at radius 2 is 1.38 bits per heavy atom. The first-order valence-electron chi connectivity index (χ1n) is 4.89. The predicted molar refractivity (Wildman–Crippen MR) is 58.3 cm³/mol. The third-order valence-electron chi connectivity index (χ3n) is 3.01. The van der Waals surface area contributed by atoms with Gasteiger partial charge < -0.3 is 4.57 Å². The van der Waals surface area contributed by atoms with Gasteiger partial charge in [0, 0.05) is 23.9 Å². The summed E-state index contributed by atoms with van der Waals surface area (Å²) in [5, 5.41) is 0. The molecule has 0 aromatic carbocycles. The van der Waals surface area contributed by atoms with E-state index in [0.717, 1.165) is 0 Å². The fourth-order valence-corrected chi connectivity index (χ4v) is 2.19. The quantitative estimate of drug-likeness (QED) is 0.576. The highest BCUT2D eigenvalue weighted by Gasteiger charge is 2.22. The molecule has 0 N–H and O–H groups in total. The van der Waals surface area contributed by atoms with E-state index in [1.165, 1.54) is 22.5 Å². The van der Waals surface area contributed by atoms with Crippen molar-refractivity contribution < 1.29 is 0 Å². The van der Waals surface area contributed by atoms with Crippen molar-refractivity contribution in [1.29, 1.82) is 0 Å². The Morgan fingerprint density at radius 3 is 1.54 bits per heavy atom. The van der Waals surface area contributed by atoms with Crippen LogP contribution in [0.1, 0.15) is 43.3 Å². The zero-order valence-electron chi connectivity index (χ0n) is 9.95. The Labute approximate surface area is 81.8 Å². The van der Waals surface area contributed by atoms with Crippen LogP contribution in [0.4, 0.5) is 0 Å². The first-order chi connectivity index (χ1) is 5.76. The molecule has 0 aliphatic carbocycles. The van der Waals surface area contributed by atoms with Crippen LogP contribution in [0.25, 0.3) is 0 Å². The molecule has 0 aliphatic rings. The molecular formula is C12H21N. The van der Waals surface area contributed by atoms with Gasteiger partial charge in [-0.2, -0.15) is 0 Å². The van der Waals surface area contributed by atoms with Crippen molar-refractivity contribution in [3.63, 3.8) is 0 Å². The number of aromatic nitrogens is 1. The fourth-order valence-electron chi connectivity index (χ4n) is 2.19. The second-order valence-electron chi connectivity index (χ2n) is 4.99. The van der Waals surface area contributed by atoms with Gasteiger partial charge in [-0.15, -0.1) is 0 Å². The highest BCUT2D eigenvalue weighted by molar-refractivity contribution is 5.39. The van der Waals surface area contributed by atoms with Crippen LogP contribution in [0, 0.1) is 20.8 Å². The summed E-state index contributed by atoms with van der Waals surface area (Å²) in [4.78, 5) is 0. The summed E-state index contributed by atoms with van der Waals surface area (Å²) in [6.07, 6.45) is 0. The molecule has 0 spiro atoms. The number of hydrogen-bond donors (Lipinski definition) is 0. The van der Waals surface area contributed by atoms with Gasteiger partial charge in [-0.1, -0.05) is 20.8 Å². The third-order valence-corrected chi connectivity index (χ3v) is 3.01. The average molecular weight is 179 g/mol. The lowest BCUT2D eigenvalue weighted by Crippen LogP contribution is -2.17. The molecule has 0 atom stereocenters. The normalized spacial score (nSPS) is 12.2. The maximum atomic E-state index is 2.32. The van der Waals surface area contributed by atoms with E-state index in [1.54, 1.807) is 0 Å². The Hall–Kier alpha value is -0.720. The lowest BCUT2D eigenvalue weighted by molar-refractivity contribution is 0.536. The maximum Gasteiger partial charge on any atom is 0.0260 e. The van der Waals surface area contributed by atoms with Crippen molar-refractivity contribution in [3.05, 3.63) is 22.5 Å². The zero-order chi connectivity index (χ0) is 10.4. The van der Waals surface area contributed by atoms with E-state index in [1.807, 2.05) is 0 Å². The molecule has 1 aromatic rings. The molecule has 1 rings (SSSR count). The van der Waals surface area contributed by atoms with Crippen molar-refractivity contribution in [2.75, 3.05) is 0 Å². The second-order valence-corrected chi connectivity index (χ2v) is 4.99. The largest absolute Gasteiger partial charge is 0.351 e. The van der Waals surface area contributed by atoms with Crippen LogP contribution >= 0.6 is 0 Å². The zero-order valence-corrected chi connectivity index (χ0v) is 9.95. The Kier molecular flexibility index (Phi) is 2.31. The number of rotatable bonds is 0. The first-order valence-corrected chi connectivity index (χ1v) is 4.89. The van der Waals surface area contributed by atoms with Crippen molar-refractivity contribution in [2.24, 2.45) is 7.05 Å². The van der Waals surface area contributed by atoms with E-state index >= 15 is 0 Å². The SMILES string of the molecule is Cc1c(C)c(C(C)(C)C)n(C)c1C. The maximum absolute atomic E-state index is 2.32. The second kappa shape index (κ2) is 2.90. The molecule has 0 aliphatic heterocycles. The predicted octanol–water partition coefficient (Wildman–Crippen LogP) is 3.25. The molecule has 0 fully saturated rings. The van der Waals surface area contributed by atoms with Crippen molar-refractivity contribution in [2.45, 2.75) is 47.0 Å². The molecule has 1 heteroatoms. The van der Waals surface area contributed by atoms with Crippen molar-refractivity contribution in [1.82, 2.24) is 4.57 Å². The van der Waals surface area contributed by atoms with Crippen LogP contribution < -0.4 is 0 Å². The Bertz CT molecular complexity index is 298. The van der Waals surface area contributed by atoms with E-state index in [4.69, 9.17) is 0 Å². The molecule has 13 heavy (non-hydrogen) atoms. The van der Waals surface area contributed by atoms with Gasteiger partial charge >= 0.3 is 0 Å². The minimum Gasteiger partial charge on any atom is -0.351 e. The molecule has 0 saturated heterocycles. The third kappa shape index (κ3) is 1.52. The van der Waals surface area contributed by atoms with Crippen LogP contribution in [-0.2, 0) is 12.5 Å². The van der Waals surface area contributed by atoms with Crippen molar-refractivity contribution >= 4 is 0 Å². The standard InChI is InChI=1S/C12H21N/c1-8-9(2)11(12(4,5)6)13(7)10(8)3/h1-7H3. The van der Waals surface area contributed by atoms with Gasteiger partial charge in [-0.3, -0.25) is 0 Å². The van der Waals surface area contributed by atoms with Gasteiger partial charge in [0.05, 0.1) is 0 Å². The van der Waals surface area contributed by atoms with Gasteiger partial charge in [0.25, 0.3) is 0 Å². The summed E-state index contributed by atoms with van der Waals surface area (Å²) < 4.78 is 2.32. The summed E-state index contributed by atoms with van der Waals surface area (Å²) in [6.45, 7) is 13.4. The van der Waals surface area contributed by atoms with Crippen LogP contribution in [0.15, 0.2) is 0 Å². The molecule has 1 heterocycles. The van der Waals surface area contributed by atoms with Crippen LogP contribution in [0.2, 0.25) is 0 Å². The van der Waals surface area contributed by atoms with Gasteiger partial charge in [0.1, 0.15) is 0 Å². The van der Waals surface area contributed by atoms with Gasteiger partial charge in [-0.25, -0.2) is 0 Å². The monoisotopic (exact) mass is 179 g/mol. The van der Waals surface area contributed by atoms with Crippen LogP contribution in [0.3, 0.4) is 0 Å². The van der Waals surface area contributed by atoms with Gasteiger partial charge in [-0.05, 0) is 31.9 Å². The lowest BCUT2D eigenvalue weighted by atomic mass is 9.89. The van der Waals surface area contributed by atoms with Gasteiger partial charge in [0.2, 0.25) is 0 Å². The van der Waals surface area contributed by atoms with Gasteiger partial charge in [0.15, 0.2) is 0 Å². The Morgan fingerprint density at radius 1 is 0.923 bits per heavy atom. The number of hydrogen-bond acceptors (Lipinski definition) is 0. The molecular weight excluding hydrogens is 158 g/mol. The van der Waals surface area contributed by atoms with E-state index in [2.05, 4.69) is 53.2 Å². The minimum absolute atomic E-state index is 0.248. The molecule has 0 amide bonds. The highest BCUT2D eigenvalue weighted by atomic mass is 15.0. The highest BCUT2D eigenvalue weighted by Crippen LogP contribution is 2.30. The molecule has 0 bridgehead atoms. The lowest BCUT2D eigenvalue weighted by Gasteiger charge is -2.21.